The maximum Gasteiger partial charge on any atom is 0.259 e. The lowest BCUT2D eigenvalue weighted by molar-refractivity contribution is -0.151. The number of hydrogen-bond acceptors (Lipinski definition) is 5. The Morgan fingerprint density at radius 3 is 2.85 bits per heavy atom. The zero-order chi connectivity index (χ0) is 18.8. The molecule has 1 aromatic heterocycles. The van der Waals surface area contributed by atoms with Crippen LogP contribution in [-0.4, -0.2) is 72.6 Å². The third-order valence-electron chi connectivity index (χ3n) is 6.09. The van der Waals surface area contributed by atoms with Gasteiger partial charge in [0, 0.05) is 38.3 Å². The van der Waals surface area contributed by atoms with Crippen LogP contribution in [0.15, 0.2) is 18.3 Å². The lowest BCUT2D eigenvalue weighted by Gasteiger charge is -2.51. The highest BCUT2D eigenvalue weighted by Crippen LogP contribution is 2.46. The second-order valence-electron chi connectivity index (χ2n) is 7.53. The van der Waals surface area contributed by atoms with Crippen LogP contribution in [0.4, 0.5) is 0 Å². The van der Waals surface area contributed by atoms with Crippen LogP contribution in [0, 0.1) is 17.8 Å². The maximum atomic E-state index is 13.0. The minimum absolute atomic E-state index is 0.0453. The van der Waals surface area contributed by atoms with E-state index in [9.17, 15) is 9.59 Å². The summed E-state index contributed by atoms with van der Waals surface area (Å²) in [4.78, 5) is 33.9. The zero-order valence-electron chi connectivity index (χ0n) is 15.8. The predicted octanol–water partition coefficient (Wildman–Crippen LogP) is 1.44. The average molecular weight is 373 g/mol. The van der Waals surface area contributed by atoms with E-state index in [-0.39, 0.29) is 23.7 Å². The maximum absolute atomic E-state index is 13.0. The summed E-state index contributed by atoms with van der Waals surface area (Å²) in [5, 5.41) is 0. The highest BCUT2D eigenvalue weighted by Gasteiger charge is 2.49. The van der Waals surface area contributed by atoms with E-state index in [4.69, 9.17) is 9.47 Å². The Kier molecular flexibility index (Phi) is 5.29. The number of rotatable bonds is 4. The van der Waals surface area contributed by atoms with Gasteiger partial charge in [-0.2, -0.15) is 0 Å². The molecule has 2 amide bonds. The topological polar surface area (TPSA) is 72.0 Å². The third kappa shape index (κ3) is 3.52. The van der Waals surface area contributed by atoms with E-state index in [2.05, 4.69) is 4.98 Å². The molecule has 3 aliphatic rings. The van der Waals surface area contributed by atoms with Gasteiger partial charge in [0.05, 0.1) is 19.8 Å². The van der Waals surface area contributed by atoms with Crippen molar-refractivity contribution >= 4 is 11.8 Å². The summed E-state index contributed by atoms with van der Waals surface area (Å²) in [6.45, 7) is 6.34. The van der Waals surface area contributed by atoms with Gasteiger partial charge >= 0.3 is 0 Å². The van der Waals surface area contributed by atoms with Crippen molar-refractivity contribution in [3.63, 3.8) is 0 Å². The third-order valence-corrected chi connectivity index (χ3v) is 6.09. The largest absolute Gasteiger partial charge is 0.477 e. The van der Waals surface area contributed by atoms with Gasteiger partial charge in [0.1, 0.15) is 5.56 Å². The van der Waals surface area contributed by atoms with E-state index in [1.165, 1.54) is 0 Å². The summed E-state index contributed by atoms with van der Waals surface area (Å²) in [6.07, 6.45) is 3.56. The van der Waals surface area contributed by atoms with Gasteiger partial charge in [-0.3, -0.25) is 9.59 Å². The molecule has 3 fully saturated rings. The van der Waals surface area contributed by atoms with Crippen molar-refractivity contribution < 1.29 is 19.1 Å². The number of ether oxygens (including phenoxy) is 2. The smallest absolute Gasteiger partial charge is 0.259 e. The van der Waals surface area contributed by atoms with Gasteiger partial charge in [0.15, 0.2) is 0 Å². The van der Waals surface area contributed by atoms with E-state index in [1.54, 1.807) is 18.3 Å². The van der Waals surface area contributed by atoms with Crippen molar-refractivity contribution in [2.75, 3.05) is 46.0 Å². The second-order valence-corrected chi connectivity index (χ2v) is 7.53. The Bertz CT molecular complexity index is 704. The number of carbonyl (C=O) groups excluding carboxylic acids is 2. The van der Waals surface area contributed by atoms with Crippen LogP contribution < -0.4 is 4.74 Å². The SMILES string of the molecule is CCOc1ncccc1C(=O)N1CC[C@@H]2C[C@@H](C(=O)N3CCOCC3)[C@@H]2C1. The van der Waals surface area contributed by atoms with Gasteiger partial charge in [-0.15, -0.1) is 0 Å². The van der Waals surface area contributed by atoms with Crippen LogP contribution in [0.1, 0.15) is 30.1 Å². The van der Waals surface area contributed by atoms with E-state index in [1.807, 2.05) is 16.7 Å². The molecule has 7 nitrogen and oxygen atoms in total. The Morgan fingerprint density at radius 2 is 2.07 bits per heavy atom. The van der Waals surface area contributed by atoms with Gasteiger partial charge in [-0.25, -0.2) is 4.98 Å². The molecule has 146 valence electrons. The molecule has 27 heavy (non-hydrogen) atoms. The van der Waals surface area contributed by atoms with Gasteiger partial charge < -0.3 is 19.3 Å². The van der Waals surface area contributed by atoms with Crippen molar-refractivity contribution in [1.82, 2.24) is 14.8 Å². The molecule has 1 saturated carbocycles. The standard InChI is InChI=1S/C20H27N3O4/c1-2-27-18-15(4-3-6-21-18)19(24)23-7-5-14-12-16(17(14)13-23)20(25)22-8-10-26-11-9-22/h3-4,6,14,16-17H,2,5,7-13H2,1H3/t14-,16-,17-/m1/s1. The molecule has 0 radical (unpaired) electrons. The Balaban J connectivity index is 1.43. The van der Waals surface area contributed by atoms with Crippen LogP contribution in [0.3, 0.4) is 0 Å². The normalized spacial score (nSPS) is 27.5. The lowest BCUT2D eigenvalue weighted by Crippen LogP contribution is -2.57. The molecule has 3 heterocycles. The Labute approximate surface area is 159 Å². The Hall–Kier alpha value is -2.15. The molecule has 0 bridgehead atoms. The van der Waals surface area contributed by atoms with E-state index < -0.39 is 0 Å². The molecule has 2 saturated heterocycles. The van der Waals surface area contributed by atoms with Crippen LogP contribution in [0.2, 0.25) is 0 Å². The average Bonchev–Trinajstić information content (AvgIpc) is 2.69. The monoisotopic (exact) mass is 373 g/mol. The molecule has 0 unspecified atom stereocenters. The highest BCUT2D eigenvalue weighted by atomic mass is 16.5. The van der Waals surface area contributed by atoms with E-state index >= 15 is 0 Å². The first-order valence-corrected chi connectivity index (χ1v) is 9.92. The molecule has 2 aliphatic heterocycles. The fourth-order valence-corrected chi connectivity index (χ4v) is 4.55. The number of nitrogens with zero attached hydrogens (tertiary/aromatic N) is 3. The number of carbonyl (C=O) groups is 2. The molecule has 4 rings (SSSR count). The number of likely N-dealkylation sites (tertiary alicyclic amines) is 1. The second kappa shape index (κ2) is 7.84. The first kappa shape index (κ1) is 18.2. The summed E-state index contributed by atoms with van der Waals surface area (Å²) in [7, 11) is 0. The van der Waals surface area contributed by atoms with Crippen molar-refractivity contribution in [3.8, 4) is 5.88 Å². The molecule has 7 heteroatoms. The molecule has 3 atom stereocenters. The molecular formula is C20H27N3O4. The lowest BCUT2D eigenvalue weighted by atomic mass is 9.61. The van der Waals surface area contributed by atoms with Crippen molar-refractivity contribution in [3.05, 3.63) is 23.9 Å². The van der Waals surface area contributed by atoms with Gasteiger partial charge in [0.2, 0.25) is 11.8 Å². The number of hydrogen-bond donors (Lipinski definition) is 0. The molecule has 1 aromatic rings. The van der Waals surface area contributed by atoms with Gasteiger partial charge in [-0.1, -0.05) is 0 Å². The van der Waals surface area contributed by atoms with Crippen molar-refractivity contribution in [2.45, 2.75) is 19.8 Å². The Morgan fingerprint density at radius 1 is 1.26 bits per heavy atom. The molecule has 0 spiro atoms. The first-order valence-electron chi connectivity index (χ1n) is 9.92. The number of amides is 2. The number of morpholine rings is 1. The summed E-state index contributed by atoms with van der Waals surface area (Å²) >= 11 is 0. The van der Waals surface area contributed by atoms with Crippen LogP contribution in [-0.2, 0) is 9.53 Å². The number of fused-ring (bicyclic) bond motifs is 1. The molecular weight excluding hydrogens is 346 g/mol. The fourth-order valence-electron chi connectivity index (χ4n) is 4.55. The summed E-state index contributed by atoms with van der Waals surface area (Å²) < 4.78 is 10.9. The van der Waals surface area contributed by atoms with Gasteiger partial charge in [0.25, 0.3) is 5.91 Å². The molecule has 1 aliphatic carbocycles. The van der Waals surface area contributed by atoms with Crippen molar-refractivity contribution in [1.29, 1.82) is 0 Å². The fraction of sp³-hybridized carbons (Fsp3) is 0.650. The number of pyridine rings is 1. The van der Waals surface area contributed by atoms with E-state index in [0.717, 1.165) is 19.4 Å². The van der Waals surface area contributed by atoms with Crippen LogP contribution in [0.5, 0.6) is 5.88 Å². The van der Waals surface area contributed by atoms with Crippen molar-refractivity contribution in [2.24, 2.45) is 17.8 Å². The molecule has 0 N–H and O–H groups in total. The number of aromatic nitrogens is 1. The minimum Gasteiger partial charge on any atom is -0.477 e. The molecule has 0 aromatic carbocycles. The van der Waals surface area contributed by atoms with E-state index in [0.29, 0.717) is 56.8 Å². The number of piperidine rings is 1. The summed E-state index contributed by atoms with van der Waals surface area (Å²) in [5.74, 6) is 1.46. The predicted molar refractivity (Wildman–Crippen MR) is 98.4 cm³/mol. The summed E-state index contributed by atoms with van der Waals surface area (Å²) in [6, 6.07) is 3.53. The highest BCUT2D eigenvalue weighted by molar-refractivity contribution is 5.96. The minimum atomic E-state index is -0.0468. The van der Waals surface area contributed by atoms with Gasteiger partial charge in [-0.05, 0) is 43.7 Å². The zero-order valence-corrected chi connectivity index (χ0v) is 15.8. The van der Waals surface area contributed by atoms with Crippen LogP contribution >= 0.6 is 0 Å². The summed E-state index contributed by atoms with van der Waals surface area (Å²) in [5.41, 5.74) is 0.508. The van der Waals surface area contributed by atoms with Crippen LogP contribution in [0.25, 0.3) is 0 Å². The first-order chi connectivity index (χ1) is 13.2. The quantitative estimate of drug-likeness (QED) is 0.799.